The predicted octanol–water partition coefficient (Wildman–Crippen LogP) is 5.05. The van der Waals surface area contributed by atoms with Crippen LogP contribution in [0.3, 0.4) is 0 Å². The first-order chi connectivity index (χ1) is 13.8. The highest BCUT2D eigenvalue weighted by Gasteiger charge is 2.14. The Morgan fingerprint density at radius 1 is 1.17 bits per heavy atom. The molecule has 0 radical (unpaired) electrons. The molecule has 9 heteroatoms. The van der Waals surface area contributed by atoms with Crippen molar-refractivity contribution in [3.8, 4) is 5.75 Å². The van der Waals surface area contributed by atoms with Gasteiger partial charge in [-0.15, -0.1) is 10.2 Å². The number of hydrogen-bond acceptors (Lipinski definition) is 5. The van der Waals surface area contributed by atoms with Crippen molar-refractivity contribution < 1.29 is 9.53 Å². The summed E-state index contributed by atoms with van der Waals surface area (Å²) < 4.78 is 7.49. The third kappa shape index (κ3) is 5.44. The van der Waals surface area contributed by atoms with Crippen LogP contribution in [0.4, 0.5) is 5.69 Å². The van der Waals surface area contributed by atoms with E-state index in [4.69, 9.17) is 27.9 Å². The highest BCUT2D eigenvalue weighted by molar-refractivity contribution is 7.99. The highest BCUT2D eigenvalue weighted by Crippen LogP contribution is 2.28. The molecule has 3 aromatic rings. The van der Waals surface area contributed by atoms with Gasteiger partial charge in [0.2, 0.25) is 5.91 Å². The van der Waals surface area contributed by atoms with Crippen LogP contribution >= 0.6 is 35.0 Å². The largest absolute Gasteiger partial charge is 0.484 e. The Hall–Kier alpha value is -2.22. The molecule has 3 rings (SSSR count). The molecule has 0 bridgehead atoms. The van der Waals surface area contributed by atoms with Gasteiger partial charge >= 0.3 is 0 Å². The van der Waals surface area contributed by atoms with Crippen molar-refractivity contribution in [1.82, 2.24) is 14.8 Å². The molecule has 0 aliphatic heterocycles. The third-order valence-electron chi connectivity index (χ3n) is 4.15. The van der Waals surface area contributed by atoms with E-state index in [0.717, 1.165) is 11.1 Å². The minimum Gasteiger partial charge on any atom is -0.484 e. The van der Waals surface area contributed by atoms with Crippen LogP contribution in [-0.4, -0.2) is 26.4 Å². The maximum atomic E-state index is 12.4. The fourth-order valence-corrected chi connectivity index (χ4v) is 3.97. The van der Waals surface area contributed by atoms with Gasteiger partial charge in [-0.25, -0.2) is 0 Å². The van der Waals surface area contributed by atoms with E-state index in [0.29, 0.717) is 32.5 Å². The minimum absolute atomic E-state index is 0.166. The second-order valence-corrected chi connectivity index (χ2v) is 8.21. The highest BCUT2D eigenvalue weighted by atomic mass is 35.5. The van der Waals surface area contributed by atoms with Gasteiger partial charge in [0.05, 0.1) is 21.5 Å². The molecule has 152 valence electrons. The zero-order chi connectivity index (χ0) is 21.0. The summed E-state index contributed by atoms with van der Waals surface area (Å²) in [5, 5.41) is 12.8. The van der Waals surface area contributed by atoms with Gasteiger partial charge in [-0.3, -0.25) is 4.79 Å². The summed E-state index contributed by atoms with van der Waals surface area (Å²) in [6.45, 7) is 4.09. The molecular formula is C20H20Cl2N4O2S. The first-order valence-corrected chi connectivity index (χ1v) is 10.5. The zero-order valence-electron chi connectivity index (χ0n) is 16.2. The predicted molar refractivity (Wildman–Crippen MR) is 117 cm³/mol. The maximum absolute atomic E-state index is 12.4. The van der Waals surface area contributed by atoms with Crippen molar-refractivity contribution in [3.05, 3.63) is 63.4 Å². The van der Waals surface area contributed by atoms with Crippen molar-refractivity contribution >= 4 is 46.6 Å². The number of carbonyl (C=O) groups excluding carboxylic acids is 1. The second kappa shape index (κ2) is 9.52. The van der Waals surface area contributed by atoms with Crippen LogP contribution in [0.15, 0.2) is 41.6 Å². The van der Waals surface area contributed by atoms with Gasteiger partial charge in [0.25, 0.3) is 0 Å². The van der Waals surface area contributed by atoms with Crippen LogP contribution in [0.5, 0.6) is 5.75 Å². The molecule has 0 atom stereocenters. The summed E-state index contributed by atoms with van der Waals surface area (Å²) >= 11 is 13.6. The third-order valence-corrected chi connectivity index (χ3v) is 5.78. The molecule has 1 aromatic heterocycles. The lowest BCUT2D eigenvalue weighted by molar-refractivity contribution is -0.113. The Kier molecular flexibility index (Phi) is 7.05. The quantitative estimate of drug-likeness (QED) is 0.510. The van der Waals surface area contributed by atoms with E-state index in [2.05, 4.69) is 15.5 Å². The fraction of sp³-hybridized carbons (Fsp3) is 0.250. The number of anilines is 1. The molecular weight excluding hydrogens is 431 g/mol. The topological polar surface area (TPSA) is 69.0 Å². The Bertz CT molecular complexity index is 1020. The van der Waals surface area contributed by atoms with Crippen LogP contribution < -0.4 is 10.1 Å². The average molecular weight is 451 g/mol. The summed E-state index contributed by atoms with van der Waals surface area (Å²) in [5.41, 5.74) is 2.60. The van der Waals surface area contributed by atoms with Crippen LogP contribution in [0.1, 0.15) is 17.0 Å². The normalized spacial score (nSPS) is 10.8. The molecule has 0 unspecified atom stereocenters. The SMILES string of the molecule is Cc1cc(C)c(NC(=O)CSc2nnc(COc3ccccc3Cl)n2C)c(Cl)c1. The Balaban J connectivity index is 1.57. The molecule has 2 aromatic carbocycles. The van der Waals surface area contributed by atoms with Gasteiger partial charge in [0, 0.05) is 7.05 Å². The summed E-state index contributed by atoms with van der Waals surface area (Å²) in [6.07, 6.45) is 0. The monoisotopic (exact) mass is 450 g/mol. The molecule has 0 aliphatic carbocycles. The Morgan fingerprint density at radius 2 is 1.93 bits per heavy atom. The molecule has 1 N–H and O–H groups in total. The Labute approximate surface area is 183 Å². The van der Waals surface area contributed by atoms with Crippen LogP contribution in [0.25, 0.3) is 0 Å². The summed E-state index contributed by atoms with van der Waals surface area (Å²) in [7, 11) is 1.83. The van der Waals surface area contributed by atoms with E-state index in [-0.39, 0.29) is 18.3 Å². The van der Waals surface area contributed by atoms with E-state index in [9.17, 15) is 4.79 Å². The summed E-state index contributed by atoms with van der Waals surface area (Å²) in [5.74, 6) is 1.23. The van der Waals surface area contributed by atoms with E-state index < -0.39 is 0 Å². The van der Waals surface area contributed by atoms with Crippen molar-refractivity contribution in [2.24, 2.45) is 7.05 Å². The zero-order valence-corrected chi connectivity index (χ0v) is 18.5. The maximum Gasteiger partial charge on any atom is 0.234 e. The first kappa shape index (κ1) is 21.5. The van der Waals surface area contributed by atoms with Crippen LogP contribution in [-0.2, 0) is 18.4 Å². The van der Waals surface area contributed by atoms with Gasteiger partial charge < -0.3 is 14.6 Å². The smallest absolute Gasteiger partial charge is 0.234 e. The number of thioether (sulfide) groups is 1. The van der Waals surface area contributed by atoms with Crippen LogP contribution in [0.2, 0.25) is 10.0 Å². The number of aryl methyl sites for hydroxylation is 2. The summed E-state index contributed by atoms with van der Waals surface area (Å²) in [4.78, 5) is 12.4. The van der Waals surface area contributed by atoms with Crippen molar-refractivity contribution in [3.63, 3.8) is 0 Å². The summed E-state index contributed by atoms with van der Waals surface area (Å²) in [6, 6.07) is 11.0. The first-order valence-electron chi connectivity index (χ1n) is 8.80. The van der Waals surface area contributed by atoms with Crippen LogP contribution in [0, 0.1) is 13.8 Å². The molecule has 0 saturated heterocycles. The lowest BCUT2D eigenvalue weighted by atomic mass is 10.1. The van der Waals surface area contributed by atoms with Crippen molar-refractivity contribution in [1.29, 1.82) is 0 Å². The minimum atomic E-state index is -0.166. The number of benzene rings is 2. The molecule has 0 aliphatic rings. The molecule has 0 saturated carbocycles. The number of hydrogen-bond donors (Lipinski definition) is 1. The number of rotatable bonds is 7. The molecule has 0 fully saturated rings. The molecule has 1 amide bonds. The number of carbonyl (C=O) groups is 1. The second-order valence-electron chi connectivity index (χ2n) is 6.45. The molecule has 6 nitrogen and oxygen atoms in total. The van der Waals surface area contributed by atoms with Gasteiger partial charge in [0.15, 0.2) is 11.0 Å². The number of para-hydroxylation sites is 1. The van der Waals surface area contributed by atoms with Gasteiger partial charge in [-0.1, -0.05) is 53.2 Å². The standard InChI is InChI=1S/C20H20Cl2N4O2S/c1-12-8-13(2)19(15(22)9-12)23-18(27)11-29-20-25-24-17(26(20)3)10-28-16-7-5-4-6-14(16)21/h4-9H,10-11H2,1-3H3,(H,23,27). The average Bonchev–Trinajstić information content (AvgIpc) is 3.02. The van der Waals surface area contributed by atoms with E-state index in [1.165, 1.54) is 11.8 Å². The lowest BCUT2D eigenvalue weighted by Crippen LogP contribution is -2.16. The molecule has 1 heterocycles. The number of ether oxygens (including phenoxy) is 1. The number of aromatic nitrogens is 3. The van der Waals surface area contributed by atoms with E-state index in [1.807, 2.05) is 45.2 Å². The fourth-order valence-electron chi connectivity index (χ4n) is 2.68. The molecule has 0 spiro atoms. The van der Waals surface area contributed by atoms with Gasteiger partial charge in [-0.2, -0.15) is 0 Å². The number of halogens is 2. The van der Waals surface area contributed by atoms with Gasteiger partial charge in [0.1, 0.15) is 12.4 Å². The Morgan fingerprint density at radius 3 is 2.66 bits per heavy atom. The number of nitrogens with one attached hydrogen (secondary N) is 1. The van der Waals surface area contributed by atoms with Crippen molar-refractivity contribution in [2.45, 2.75) is 25.6 Å². The lowest BCUT2D eigenvalue weighted by Gasteiger charge is -2.11. The van der Waals surface area contributed by atoms with Gasteiger partial charge in [-0.05, 0) is 43.2 Å². The van der Waals surface area contributed by atoms with Crippen molar-refractivity contribution in [2.75, 3.05) is 11.1 Å². The number of nitrogens with zero attached hydrogens (tertiary/aromatic N) is 3. The van der Waals surface area contributed by atoms with E-state index in [1.54, 1.807) is 16.7 Å². The molecule has 29 heavy (non-hydrogen) atoms. The van der Waals surface area contributed by atoms with E-state index >= 15 is 0 Å². The number of amides is 1.